The summed E-state index contributed by atoms with van der Waals surface area (Å²) in [5, 5.41) is 0. The quantitative estimate of drug-likeness (QED) is 0.0211. The summed E-state index contributed by atoms with van der Waals surface area (Å²) in [7, 11) is 0. The van der Waals surface area contributed by atoms with Crippen molar-refractivity contribution >= 4 is 23.9 Å². The molecule has 0 radical (unpaired) electrons. The molecule has 0 N–H and O–H groups in total. The van der Waals surface area contributed by atoms with Gasteiger partial charge in [-0.25, -0.2) is 0 Å². The van der Waals surface area contributed by atoms with E-state index in [-0.39, 0.29) is 52.1 Å². The second kappa shape index (κ2) is 49.8. The van der Waals surface area contributed by atoms with Crippen LogP contribution in [0.4, 0.5) is 0 Å². The first-order chi connectivity index (χ1) is 59.3. The van der Waals surface area contributed by atoms with E-state index in [2.05, 4.69) is 222 Å². The molecule has 121 heavy (non-hydrogen) atoms. The molecule has 12 rings (SSSR count). The molecule has 0 spiro atoms. The van der Waals surface area contributed by atoms with Crippen molar-refractivity contribution in [3.63, 3.8) is 0 Å². The standard InChI is InChI=1S/C113H148O8/c1-5-9-13-21-85-33-49-93(50-34-85)101-65-73-105(74-66-101)97-57-41-89(42-58-97)25-17-29-109(114)118-81-113(82-119-110(115)30-18-26-90-43-59-98(60-44-90)106-75-67-102(68-76-106)94-51-35-86(36-52-94)22-14-10-6-2,83-120-111(116)31-19-27-91-45-61-99(62-46-91)107-77-69-103(70-78-107)95-53-37-87(38-54-95)23-15-11-7-3)84-121-112(117)32-20-28-92-47-63-100(64-48-92)108-79-71-104(72-80-108)96-55-39-88(40-56-96)24-16-12-8-4/h41-48,57-80,85-88,93-96H,5-40,49-56,81-84H2,1-4H3/t85-,86-,87-,88-,93-,94-,95-,96-. The average molecular weight is 1630 g/mol. The van der Waals surface area contributed by atoms with Crippen molar-refractivity contribution in [3.05, 3.63) is 239 Å². The number of hydrogen-bond acceptors (Lipinski definition) is 8. The number of esters is 4. The molecule has 0 unspecified atom stereocenters. The van der Waals surface area contributed by atoms with E-state index in [4.69, 9.17) is 18.9 Å². The van der Waals surface area contributed by atoms with Gasteiger partial charge in [0.2, 0.25) is 0 Å². The number of carbonyl (C=O) groups is 4. The summed E-state index contributed by atoms with van der Waals surface area (Å²) in [6.07, 6.45) is 48.0. The van der Waals surface area contributed by atoms with Gasteiger partial charge in [-0.1, -0.05) is 325 Å². The molecule has 0 atom stereocenters. The molecule has 4 saturated carbocycles. The molecular weight excluding hydrogens is 1490 g/mol. The number of unbranched alkanes of at least 4 members (excludes halogenated alkanes) is 8. The molecule has 8 nitrogen and oxygen atoms in total. The van der Waals surface area contributed by atoms with Gasteiger partial charge in [0.15, 0.2) is 0 Å². The molecule has 0 heterocycles. The van der Waals surface area contributed by atoms with Crippen LogP contribution in [-0.4, -0.2) is 50.3 Å². The third-order valence-electron chi connectivity index (χ3n) is 28.5. The Balaban J connectivity index is 0.674. The molecule has 4 fully saturated rings. The van der Waals surface area contributed by atoms with Gasteiger partial charge in [-0.3, -0.25) is 19.2 Å². The Labute approximate surface area is 730 Å². The Bertz CT molecular complexity index is 3720. The molecule has 8 heteroatoms. The molecule has 0 bridgehead atoms. The zero-order valence-electron chi connectivity index (χ0n) is 74.8. The molecule has 4 aliphatic rings. The van der Waals surface area contributed by atoms with Gasteiger partial charge in [-0.05, 0) is 290 Å². The Morgan fingerprint density at radius 2 is 0.405 bits per heavy atom. The van der Waals surface area contributed by atoms with Crippen molar-refractivity contribution in [1.29, 1.82) is 0 Å². The van der Waals surface area contributed by atoms with Gasteiger partial charge in [0.1, 0.15) is 31.8 Å². The number of rotatable bonds is 48. The van der Waals surface area contributed by atoms with Crippen LogP contribution in [0.2, 0.25) is 0 Å². The van der Waals surface area contributed by atoms with Crippen molar-refractivity contribution in [1.82, 2.24) is 0 Å². The number of aryl methyl sites for hydroxylation is 4. The van der Waals surface area contributed by atoms with Crippen LogP contribution in [0.25, 0.3) is 44.5 Å². The summed E-state index contributed by atoms with van der Waals surface area (Å²) in [6.45, 7) is 7.98. The maximum atomic E-state index is 14.1. The Morgan fingerprint density at radius 3 is 0.579 bits per heavy atom. The Hall–Kier alpha value is -8.36. The fourth-order valence-corrected chi connectivity index (χ4v) is 20.3. The van der Waals surface area contributed by atoms with Crippen molar-refractivity contribution in [2.75, 3.05) is 26.4 Å². The van der Waals surface area contributed by atoms with Crippen LogP contribution < -0.4 is 0 Å². The van der Waals surface area contributed by atoms with Crippen molar-refractivity contribution in [3.8, 4) is 44.5 Å². The predicted octanol–water partition coefficient (Wildman–Crippen LogP) is 30.3. The topological polar surface area (TPSA) is 105 Å². The number of benzene rings is 8. The van der Waals surface area contributed by atoms with Gasteiger partial charge < -0.3 is 18.9 Å². The number of hydrogen-bond donors (Lipinski definition) is 0. The Kier molecular flexibility index (Phi) is 37.8. The lowest BCUT2D eigenvalue weighted by atomic mass is 9.77. The van der Waals surface area contributed by atoms with Gasteiger partial charge in [-0.2, -0.15) is 0 Å². The van der Waals surface area contributed by atoms with Crippen molar-refractivity contribution < 1.29 is 38.1 Å². The third-order valence-corrected chi connectivity index (χ3v) is 28.5. The molecule has 4 aliphatic carbocycles. The molecule has 0 saturated heterocycles. The zero-order valence-corrected chi connectivity index (χ0v) is 74.8. The minimum atomic E-state index is -1.40. The van der Waals surface area contributed by atoms with E-state index in [1.54, 1.807) is 0 Å². The van der Waals surface area contributed by atoms with E-state index in [0.717, 1.165) is 68.2 Å². The first-order valence-corrected chi connectivity index (χ1v) is 48.7. The molecular formula is C113H148O8. The van der Waals surface area contributed by atoms with Crippen LogP contribution in [0.3, 0.4) is 0 Å². The SMILES string of the molecule is CCCCC[C@H]1CC[C@H](c2ccc(-c3ccc(CCCC(=O)OCC(COC(=O)CCCc4ccc(-c5ccc([C@H]6CC[C@H](CCCCC)CC6)cc5)cc4)(COC(=O)CCCc4ccc(-c5ccc([C@H]6CC[C@H](CCCCC)CC6)cc5)cc4)COC(=O)CCCc4ccc(-c5ccc([C@H]6CC[C@H](CCCCC)CC6)cc5)cc4)cc3)cc2)CC1. The fraction of sp³-hybridized carbons (Fsp3) is 0.540. The van der Waals surface area contributed by atoms with E-state index in [1.807, 2.05) is 0 Å². The first-order valence-electron chi connectivity index (χ1n) is 48.7. The maximum Gasteiger partial charge on any atom is 0.305 e. The van der Waals surface area contributed by atoms with E-state index in [9.17, 15) is 19.2 Å². The predicted molar refractivity (Wildman–Crippen MR) is 501 cm³/mol. The van der Waals surface area contributed by atoms with Crippen LogP contribution in [0.15, 0.2) is 194 Å². The van der Waals surface area contributed by atoms with Gasteiger partial charge in [0.25, 0.3) is 0 Å². The second-order valence-electron chi connectivity index (χ2n) is 37.7. The normalized spacial score (nSPS) is 19.4. The minimum Gasteiger partial charge on any atom is -0.465 e. The lowest BCUT2D eigenvalue weighted by Gasteiger charge is -2.31. The number of carbonyl (C=O) groups excluding carboxylic acids is 4. The minimum absolute atomic E-state index is 0.132. The molecule has 8 aromatic carbocycles. The van der Waals surface area contributed by atoms with Crippen molar-refractivity contribution in [2.24, 2.45) is 29.1 Å². The maximum absolute atomic E-state index is 14.1. The van der Waals surface area contributed by atoms with Crippen LogP contribution >= 0.6 is 0 Å². The summed E-state index contributed by atoms with van der Waals surface area (Å²) in [5.41, 5.74) is 18.4. The van der Waals surface area contributed by atoms with Gasteiger partial charge in [0, 0.05) is 25.7 Å². The highest BCUT2D eigenvalue weighted by Gasteiger charge is 2.38. The van der Waals surface area contributed by atoms with Gasteiger partial charge in [0.05, 0.1) is 0 Å². The lowest BCUT2D eigenvalue weighted by molar-refractivity contribution is -0.170. The van der Waals surface area contributed by atoms with E-state index in [1.165, 1.54) is 250 Å². The fourth-order valence-electron chi connectivity index (χ4n) is 20.3. The highest BCUT2D eigenvalue weighted by atomic mass is 16.6. The van der Waals surface area contributed by atoms with E-state index < -0.39 is 29.3 Å². The molecule has 0 aromatic heterocycles. The molecule has 8 aromatic rings. The molecule has 0 amide bonds. The van der Waals surface area contributed by atoms with Crippen LogP contribution in [0.1, 0.15) is 353 Å². The summed E-state index contributed by atoms with van der Waals surface area (Å²) < 4.78 is 24.7. The molecule has 648 valence electrons. The monoisotopic (exact) mass is 1630 g/mol. The third kappa shape index (κ3) is 30.0. The lowest BCUT2D eigenvalue weighted by Crippen LogP contribution is -2.44. The molecule has 0 aliphatic heterocycles. The summed E-state index contributed by atoms with van der Waals surface area (Å²) in [6, 6.07) is 71.5. The smallest absolute Gasteiger partial charge is 0.305 e. The zero-order chi connectivity index (χ0) is 84.1. The largest absolute Gasteiger partial charge is 0.465 e. The summed E-state index contributed by atoms with van der Waals surface area (Å²) in [4.78, 5) is 56.3. The van der Waals surface area contributed by atoms with Crippen LogP contribution in [-0.2, 0) is 63.8 Å². The number of ether oxygens (including phenoxy) is 4. The summed E-state index contributed by atoms with van der Waals surface area (Å²) in [5.74, 6) is 4.40. The Morgan fingerprint density at radius 1 is 0.231 bits per heavy atom. The highest BCUT2D eigenvalue weighted by molar-refractivity contribution is 5.72. The van der Waals surface area contributed by atoms with Gasteiger partial charge >= 0.3 is 23.9 Å². The van der Waals surface area contributed by atoms with Gasteiger partial charge in [-0.15, -0.1) is 0 Å². The van der Waals surface area contributed by atoms with E-state index >= 15 is 0 Å². The summed E-state index contributed by atoms with van der Waals surface area (Å²) >= 11 is 0. The second-order valence-corrected chi connectivity index (χ2v) is 37.7. The van der Waals surface area contributed by atoms with Crippen molar-refractivity contribution in [2.45, 2.75) is 334 Å². The first kappa shape index (κ1) is 91.8. The van der Waals surface area contributed by atoms with E-state index in [0.29, 0.717) is 75.0 Å². The van der Waals surface area contributed by atoms with Crippen LogP contribution in [0, 0.1) is 29.1 Å². The average Bonchev–Trinajstić information content (AvgIpc) is 0.854. The van der Waals surface area contributed by atoms with Crippen LogP contribution in [0.5, 0.6) is 0 Å². The highest BCUT2D eigenvalue weighted by Crippen LogP contribution is 2.44.